The zero-order valence-corrected chi connectivity index (χ0v) is 9.37. The number of ether oxygens (including phenoxy) is 1. The molecule has 80 valence electrons. The molecule has 1 aromatic heterocycles. The van der Waals surface area contributed by atoms with Crippen molar-refractivity contribution >= 4 is 5.69 Å². The number of hydrogen-bond donors (Lipinski definition) is 1. The summed E-state index contributed by atoms with van der Waals surface area (Å²) in [4.78, 5) is 0. The van der Waals surface area contributed by atoms with E-state index in [4.69, 9.17) is 4.74 Å². The summed E-state index contributed by atoms with van der Waals surface area (Å²) in [5, 5.41) is 7.61. The summed E-state index contributed by atoms with van der Waals surface area (Å²) >= 11 is 0. The van der Waals surface area contributed by atoms with Crippen molar-refractivity contribution in [2.45, 2.75) is 13.8 Å². The van der Waals surface area contributed by atoms with Crippen molar-refractivity contribution in [3.8, 4) is 0 Å². The Morgan fingerprint density at radius 3 is 2.86 bits per heavy atom. The molecule has 14 heavy (non-hydrogen) atoms. The molecule has 0 radical (unpaired) electrons. The lowest BCUT2D eigenvalue weighted by Gasteiger charge is -2.11. The van der Waals surface area contributed by atoms with E-state index in [1.165, 1.54) is 0 Å². The first-order valence-electron chi connectivity index (χ1n) is 4.86. The van der Waals surface area contributed by atoms with Gasteiger partial charge in [-0.15, -0.1) is 0 Å². The minimum absolute atomic E-state index is 0.514. The monoisotopic (exact) mass is 197 g/mol. The quantitative estimate of drug-likeness (QED) is 0.776. The van der Waals surface area contributed by atoms with Gasteiger partial charge in [-0.25, -0.2) is 0 Å². The SMILES string of the molecule is COCC(C)CNc1cn(C)nc1C. The second-order valence-corrected chi connectivity index (χ2v) is 3.74. The van der Waals surface area contributed by atoms with Gasteiger partial charge in [-0.3, -0.25) is 4.68 Å². The zero-order chi connectivity index (χ0) is 10.6. The van der Waals surface area contributed by atoms with E-state index in [1.807, 2.05) is 24.9 Å². The maximum Gasteiger partial charge on any atom is 0.0824 e. The summed E-state index contributed by atoms with van der Waals surface area (Å²) in [6.07, 6.45) is 1.99. The third kappa shape index (κ3) is 3.03. The fourth-order valence-electron chi connectivity index (χ4n) is 1.40. The van der Waals surface area contributed by atoms with Gasteiger partial charge >= 0.3 is 0 Å². The molecule has 1 atom stereocenters. The molecule has 1 aromatic rings. The molecule has 0 fully saturated rings. The highest BCUT2D eigenvalue weighted by molar-refractivity contribution is 5.45. The Morgan fingerprint density at radius 2 is 2.36 bits per heavy atom. The molecule has 1 heterocycles. The van der Waals surface area contributed by atoms with E-state index in [1.54, 1.807) is 7.11 Å². The number of aromatic nitrogens is 2. The smallest absolute Gasteiger partial charge is 0.0824 e. The van der Waals surface area contributed by atoms with Gasteiger partial charge in [0.2, 0.25) is 0 Å². The molecule has 0 amide bonds. The van der Waals surface area contributed by atoms with Crippen molar-refractivity contribution < 1.29 is 4.74 Å². The van der Waals surface area contributed by atoms with Crippen LogP contribution in [0.25, 0.3) is 0 Å². The van der Waals surface area contributed by atoms with E-state index >= 15 is 0 Å². The second-order valence-electron chi connectivity index (χ2n) is 3.74. The standard InChI is InChI=1S/C10H19N3O/c1-8(7-14-4)5-11-10-6-13(3)12-9(10)2/h6,8,11H,5,7H2,1-4H3. The fourth-order valence-corrected chi connectivity index (χ4v) is 1.40. The highest BCUT2D eigenvalue weighted by Crippen LogP contribution is 2.11. The van der Waals surface area contributed by atoms with E-state index in [0.717, 1.165) is 24.5 Å². The molecule has 0 aliphatic rings. The lowest BCUT2D eigenvalue weighted by Crippen LogP contribution is -2.15. The molecule has 1 unspecified atom stereocenters. The summed E-state index contributed by atoms with van der Waals surface area (Å²) < 4.78 is 6.88. The largest absolute Gasteiger partial charge is 0.384 e. The van der Waals surface area contributed by atoms with E-state index in [0.29, 0.717) is 5.92 Å². The lowest BCUT2D eigenvalue weighted by molar-refractivity contribution is 0.164. The van der Waals surface area contributed by atoms with E-state index in [-0.39, 0.29) is 0 Å². The van der Waals surface area contributed by atoms with Crippen LogP contribution in [0.5, 0.6) is 0 Å². The van der Waals surface area contributed by atoms with Crippen LogP contribution in [0.1, 0.15) is 12.6 Å². The van der Waals surface area contributed by atoms with Crippen molar-refractivity contribution in [3.05, 3.63) is 11.9 Å². The molecular formula is C10H19N3O. The van der Waals surface area contributed by atoms with Crippen LogP contribution in [0.4, 0.5) is 5.69 Å². The highest BCUT2D eigenvalue weighted by atomic mass is 16.5. The molecule has 4 nitrogen and oxygen atoms in total. The minimum atomic E-state index is 0.514. The van der Waals surface area contributed by atoms with Crippen molar-refractivity contribution in [2.75, 3.05) is 25.6 Å². The number of anilines is 1. The van der Waals surface area contributed by atoms with Crippen LogP contribution in [-0.2, 0) is 11.8 Å². The average Bonchev–Trinajstić information content (AvgIpc) is 2.42. The molecule has 0 saturated heterocycles. The third-order valence-electron chi connectivity index (χ3n) is 2.11. The van der Waals surface area contributed by atoms with Gasteiger partial charge in [-0.05, 0) is 12.8 Å². The zero-order valence-electron chi connectivity index (χ0n) is 9.37. The summed E-state index contributed by atoms with van der Waals surface area (Å²) in [6, 6.07) is 0. The van der Waals surface area contributed by atoms with Crippen LogP contribution in [0.3, 0.4) is 0 Å². The Balaban J connectivity index is 2.41. The highest BCUT2D eigenvalue weighted by Gasteiger charge is 2.04. The Labute approximate surface area is 85.3 Å². The molecule has 0 aliphatic heterocycles. The molecule has 0 aromatic carbocycles. The van der Waals surface area contributed by atoms with Gasteiger partial charge in [0.25, 0.3) is 0 Å². The summed E-state index contributed by atoms with van der Waals surface area (Å²) in [7, 11) is 3.66. The van der Waals surface area contributed by atoms with Crippen LogP contribution in [0, 0.1) is 12.8 Å². The Morgan fingerprint density at radius 1 is 1.64 bits per heavy atom. The van der Waals surface area contributed by atoms with Gasteiger partial charge in [-0.1, -0.05) is 6.92 Å². The number of aryl methyl sites for hydroxylation is 2. The molecule has 4 heteroatoms. The van der Waals surface area contributed by atoms with Crippen molar-refractivity contribution in [3.63, 3.8) is 0 Å². The molecule has 0 saturated carbocycles. The first-order valence-corrected chi connectivity index (χ1v) is 4.86. The van der Waals surface area contributed by atoms with Gasteiger partial charge in [-0.2, -0.15) is 5.10 Å². The normalized spacial score (nSPS) is 12.9. The number of hydrogen-bond acceptors (Lipinski definition) is 3. The first kappa shape index (κ1) is 11.0. The predicted octanol–water partition coefficient (Wildman–Crippen LogP) is 1.42. The van der Waals surface area contributed by atoms with Crippen LogP contribution in [-0.4, -0.2) is 30.0 Å². The average molecular weight is 197 g/mol. The number of rotatable bonds is 5. The fraction of sp³-hybridized carbons (Fsp3) is 0.700. The van der Waals surface area contributed by atoms with Gasteiger partial charge in [0.15, 0.2) is 0 Å². The topological polar surface area (TPSA) is 39.1 Å². The van der Waals surface area contributed by atoms with E-state index in [2.05, 4.69) is 17.3 Å². The molecule has 0 spiro atoms. The summed E-state index contributed by atoms with van der Waals surface area (Å²) in [6.45, 7) is 5.86. The first-order chi connectivity index (χ1) is 6.63. The van der Waals surface area contributed by atoms with Crippen molar-refractivity contribution in [1.82, 2.24) is 9.78 Å². The lowest BCUT2D eigenvalue weighted by atomic mass is 10.2. The Hall–Kier alpha value is -1.03. The summed E-state index contributed by atoms with van der Waals surface area (Å²) in [5.41, 5.74) is 2.15. The van der Waals surface area contributed by atoms with Crippen molar-refractivity contribution in [2.24, 2.45) is 13.0 Å². The van der Waals surface area contributed by atoms with Crippen molar-refractivity contribution in [1.29, 1.82) is 0 Å². The third-order valence-corrected chi connectivity index (χ3v) is 2.11. The maximum atomic E-state index is 5.07. The van der Waals surface area contributed by atoms with Gasteiger partial charge < -0.3 is 10.1 Å². The molecule has 0 aliphatic carbocycles. The summed E-state index contributed by atoms with van der Waals surface area (Å²) in [5.74, 6) is 0.514. The van der Waals surface area contributed by atoms with Gasteiger partial charge in [0.05, 0.1) is 18.0 Å². The van der Waals surface area contributed by atoms with Gasteiger partial charge in [0.1, 0.15) is 0 Å². The molecule has 1 rings (SSSR count). The Bertz CT molecular complexity index is 283. The van der Waals surface area contributed by atoms with Crippen LogP contribution < -0.4 is 5.32 Å². The van der Waals surface area contributed by atoms with Crippen LogP contribution in [0.15, 0.2) is 6.20 Å². The van der Waals surface area contributed by atoms with E-state index < -0.39 is 0 Å². The predicted molar refractivity (Wildman–Crippen MR) is 57.5 cm³/mol. The molecular weight excluding hydrogens is 178 g/mol. The van der Waals surface area contributed by atoms with Crippen LogP contribution in [0.2, 0.25) is 0 Å². The molecule has 0 bridgehead atoms. The number of nitrogens with zero attached hydrogens (tertiary/aromatic N) is 2. The second kappa shape index (κ2) is 5.00. The Kier molecular flexibility index (Phi) is 3.95. The molecule has 1 N–H and O–H groups in total. The number of nitrogens with one attached hydrogen (secondary N) is 1. The van der Waals surface area contributed by atoms with E-state index in [9.17, 15) is 0 Å². The maximum absolute atomic E-state index is 5.07. The van der Waals surface area contributed by atoms with Gasteiger partial charge in [0, 0.05) is 26.9 Å². The minimum Gasteiger partial charge on any atom is -0.384 e. The van der Waals surface area contributed by atoms with Crippen LogP contribution >= 0.6 is 0 Å². The number of methoxy groups -OCH3 is 1.